The van der Waals surface area contributed by atoms with Gasteiger partial charge in [0.05, 0.1) is 0 Å². The number of halogens is 2. The van der Waals surface area contributed by atoms with Crippen molar-refractivity contribution in [1.29, 1.82) is 0 Å². The van der Waals surface area contributed by atoms with Crippen LogP contribution >= 0.6 is 15.9 Å². The molecule has 96 valence electrons. The third-order valence-corrected chi connectivity index (χ3v) is 3.29. The Morgan fingerprint density at radius 1 is 1.24 bits per heavy atom. The van der Waals surface area contributed by atoms with E-state index in [9.17, 15) is 4.39 Å². The smallest absolute Gasteiger partial charge is 0.124 e. The second-order valence-electron chi connectivity index (χ2n) is 4.36. The van der Waals surface area contributed by atoms with Crippen LogP contribution in [-0.2, 0) is 6.42 Å². The third-order valence-electron chi connectivity index (χ3n) is 2.83. The summed E-state index contributed by atoms with van der Waals surface area (Å²) in [4.78, 5) is 0. The van der Waals surface area contributed by atoms with Crippen LogP contribution in [0.25, 0.3) is 0 Å². The Balaban J connectivity index is 2.52. The zero-order valence-electron chi connectivity index (χ0n) is 10.6. The van der Waals surface area contributed by atoms with Gasteiger partial charge in [0.15, 0.2) is 0 Å². The molecule has 1 aromatic rings. The molecule has 17 heavy (non-hydrogen) atoms. The molecule has 1 nitrogen and oxygen atoms in total. The Kier molecular flexibility index (Phi) is 6.75. The van der Waals surface area contributed by atoms with Gasteiger partial charge in [0.2, 0.25) is 0 Å². The van der Waals surface area contributed by atoms with Crippen LogP contribution in [0, 0.1) is 5.82 Å². The Morgan fingerprint density at radius 2 is 2.00 bits per heavy atom. The largest absolute Gasteiger partial charge is 0.314 e. The number of hydrogen-bond acceptors (Lipinski definition) is 1. The molecule has 0 bridgehead atoms. The van der Waals surface area contributed by atoms with Crippen LogP contribution in [-0.4, -0.2) is 12.6 Å². The van der Waals surface area contributed by atoms with Crippen molar-refractivity contribution in [3.8, 4) is 0 Å². The summed E-state index contributed by atoms with van der Waals surface area (Å²) in [6, 6.07) is 5.67. The summed E-state index contributed by atoms with van der Waals surface area (Å²) in [5, 5.41) is 3.48. The maximum atomic E-state index is 13.2. The molecule has 0 radical (unpaired) electrons. The minimum absolute atomic E-state index is 0.162. The Labute approximate surface area is 112 Å². The molecule has 0 amide bonds. The van der Waals surface area contributed by atoms with Gasteiger partial charge in [-0.3, -0.25) is 0 Å². The number of rotatable bonds is 7. The summed E-state index contributed by atoms with van der Waals surface area (Å²) in [5.41, 5.74) is 1.07. The van der Waals surface area contributed by atoms with Crippen molar-refractivity contribution in [2.75, 3.05) is 6.54 Å². The first kappa shape index (κ1) is 14.7. The van der Waals surface area contributed by atoms with E-state index < -0.39 is 0 Å². The molecule has 0 aliphatic carbocycles. The maximum absolute atomic E-state index is 13.2. The molecule has 3 heteroatoms. The molecule has 0 heterocycles. The van der Waals surface area contributed by atoms with Gasteiger partial charge in [0.25, 0.3) is 0 Å². The lowest BCUT2D eigenvalue weighted by Gasteiger charge is -2.17. The quantitative estimate of drug-likeness (QED) is 0.792. The first-order chi connectivity index (χ1) is 8.15. The van der Waals surface area contributed by atoms with Crippen LogP contribution in [0.5, 0.6) is 0 Å². The molecule has 0 aromatic heterocycles. The highest BCUT2D eigenvalue weighted by atomic mass is 79.9. The van der Waals surface area contributed by atoms with E-state index in [4.69, 9.17) is 0 Å². The fourth-order valence-corrected chi connectivity index (χ4v) is 2.59. The third kappa shape index (κ3) is 5.64. The number of aryl methyl sites for hydroxylation is 1. The van der Waals surface area contributed by atoms with Gasteiger partial charge in [0, 0.05) is 10.5 Å². The summed E-state index contributed by atoms with van der Waals surface area (Å²) in [7, 11) is 0. The normalized spacial score (nSPS) is 12.7. The Morgan fingerprint density at radius 3 is 2.59 bits per heavy atom. The molecule has 0 fully saturated rings. The minimum atomic E-state index is -0.162. The van der Waals surface area contributed by atoms with E-state index in [0.29, 0.717) is 6.04 Å². The lowest BCUT2D eigenvalue weighted by molar-refractivity contribution is 0.459. The van der Waals surface area contributed by atoms with Gasteiger partial charge in [-0.05, 0) is 49.6 Å². The van der Waals surface area contributed by atoms with Crippen LogP contribution in [0.4, 0.5) is 4.39 Å². The molecular formula is C14H21BrFN. The second kappa shape index (κ2) is 7.83. The predicted octanol–water partition coefficient (Wildman–Crippen LogP) is 4.30. The first-order valence-corrected chi connectivity index (χ1v) is 7.13. The summed E-state index contributed by atoms with van der Waals surface area (Å²) in [6.07, 6.45) is 4.36. The van der Waals surface area contributed by atoms with Gasteiger partial charge in [-0.25, -0.2) is 4.39 Å². The molecule has 0 saturated carbocycles. The van der Waals surface area contributed by atoms with Crippen LogP contribution in [0.15, 0.2) is 22.7 Å². The molecule has 1 atom stereocenters. The molecular weight excluding hydrogens is 281 g/mol. The van der Waals surface area contributed by atoms with E-state index >= 15 is 0 Å². The summed E-state index contributed by atoms with van der Waals surface area (Å²) in [5.74, 6) is -0.162. The first-order valence-electron chi connectivity index (χ1n) is 6.34. The number of hydrogen-bond donors (Lipinski definition) is 1. The molecule has 1 rings (SSSR count). The molecule has 0 aliphatic heterocycles. The fourth-order valence-electron chi connectivity index (χ4n) is 2.08. The van der Waals surface area contributed by atoms with Crippen molar-refractivity contribution in [3.05, 3.63) is 34.1 Å². The maximum Gasteiger partial charge on any atom is 0.124 e. The average Bonchev–Trinajstić information content (AvgIpc) is 2.25. The van der Waals surface area contributed by atoms with Gasteiger partial charge >= 0.3 is 0 Å². The van der Waals surface area contributed by atoms with E-state index in [1.807, 2.05) is 6.07 Å². The number of nitrogens with one attached hydrogen (secondary N) is 1. The monoisotopic (exact) mass is 301 g/mol. The van der Waals surface area contributed by atoms with Crippen LogP contribution < -0.4 is 5.32 Å². The van der Waals surface area contributed by atoms with Crippen molar-refractivity contribution >= 4 is 15.9 Å². The van der Waals surface area contributed by atoms with Crippen molar-refractivity contribution in [2.24, 2.45) is 0 Å². The topological polar surface area (TPSA) is 12.0 Å². The van der Waals surface area contributed by atoms with Crippen molar-refractivity contribution in [2.45, 2.75) is 45.6 Å². The zero-order valence-corrected chi connectivity index (χ0v) is 12.2. The summed E-state index contributed by atoms with van der Waals surface area (Å²) < 4.78 is 14.0. The van der Waals surface area contributed by atoms with Gasteiger partial charge in [-0.15, -0.1) is 0 Å². The van der Waals surface area contributed by atoms with E-state index in [1.54, 1.807) is 6.07 Å². The summed E-state index contributed by atoms with van der Waals surface area (Å²) in [6.45, 7) is 5.32. The zero-order chi connectivity index (χ0) is 12.7. The van der Waals surface area contributed by atoms with Crippen molar-refractivity contribution < 1.29 is 4.39 Å². The predicted molar refractivity (Wildman–Crippen MR) is 74.8 cm³/mol. The highest BCUT2D eigenvalue weighted by Gasteiger charge is 2.07. The molecule has 0 spiro atoms. The Bertz CT molecular complexity index is 315. The van der Waals surface area contributed by atoms with Gasteiger partial charge < -0.3 is 5.32 Å². The van der Waals surface area contributed by atoms with Crippen LogP contribution in [0.3, 0.4) is 0 Å². The molecule has 1 unspecified atom stereocenters. The van der Waals surface area contributed by atoms with Crippen molar-refractivity contribution in [1.82, 2.24) is 5.32 Å². The molecule has 0 aliphatic rings. The highest BCUT2D eigenvalue weighted by Crippen LogP contribution is 2.17. The standard InChI is InChI=1S/C14H21BrFN/c1-3-5-14(17-4-2)7-6-11-8-12(15)10-13(16)9-11/h8-10,14,17H,3-7H2,1-2H3. The van der Waals surface area contributed by atoms with Crippen LogP contribution in [0.2, 0.25) is 0 Å². The SMILES string of the molecule is CCCC(CCc1cc(F)cc(Br)c1)NCC. The molecule has 0 saturated heterocycles. The molecule has 1 N–H and O–H groups in total. The average molecular weight is 302 g/mol. The van der Waals surface area contributed by atoms with Gasteiger partial charge in [-0.2, -0.15) is 0 Å². The fraction of sp³-hybridized carbons (Fsp3) is 0.571. The van der Waals surface area contributed by atoms with Gasteiger partial charge in [-0.1, -0.05) is 36.2 Å². The van der Waals surface area contributed by atoms with E-state index in [0.717, 1.165) is 29.4 Å². The van der Waals surface area contributed by atoms with E-state index in [1.165, 1.54) is 18.9 Å². The highest BCUT2D eigenvalue weighted by molar-refractivity contribution is 9.10. The van der Waals surface area contributed by atoms with Gasteiger partial charge in [0.1, 0.15) is 5.82 Å². The lowest BCUT2D eigenvalue weighted by Crippen LogP contribution is -2.29. The lowest BCUT2D eigenvalue weighted by atomic mass is 10.0. The molecule has 1 aromatic carbocycles. The second-order valence-corrected chi connectivity index (χ2v) is 5.28. The Hall–Kier alpha value is -0.410. The minimum Gasteiger partial charge on any atom is -0.314 e. The van der Waals surface area contributed by atoms with E-state index in [2.05, 4.69) is 35.1 Å². The number of benzene rings is 1. The van der Waals surface area contributed by atoms with Crippen LogP contribution in [0.1, 0.15) is 38.7 Å². The van der Waals surface area contributed by atoms with Crippen molar-refractivity contribution in [3.63, 3.8) is 0 Å². The summed E-state index contributed by atoms with van der Waals surface area (Å²) >= 11 is 3.33. The van der Waals surface area contributed by atoms with E-state index in [-0.39, 0.29) is 5.82 Å².